The van der Waals surface area contributed by atoms with E-state index in [1.165, 1.54) is 21.1 Å². The van der Waals surface area contributed by atoms with Gasteiger partial charge in [-0.25, -0.2) is 4.79 Å². The van der Waals surface area contributed by atoms with Gasteiger partial charge in [-0.05, 0) is 65.8 Å². The summed E-state index contributed by atoms with van der Waals surface area (Å²) in [4.78, 5) is 54.4. The van der Waals surface area contributed by atoms with E-state index in [1.54, 1.807) is 26.4 Å². The lowest BCUT2D eigenvalue weighted by atomic mass is 9.95. The number of hydrogen-bond acceptors (Lipinski definition) is 9. The Hall–Kier alpha value is -5.52. The van der Waals surface area contributed by atoms with Crippen LogP contribution in [0.3, 0.4) is 0 Å². The summed E-state index contributed by atoms with van der Waals surface area (Å²) >= 11 is 0. The van der Waals surface area contributed by atoms with E-state index in [0.717, 1.165) is 33.2 Å². The smallest absolute Gasteiger partial charge is 0.328 e. The summed E-state index contributed by atoms with van der Waals surface area (Å²) in [6, 6.07) is 13.4. The van der Waals surface area contributed by atoms with Crippen LogP contribution in [0.5, 0.6) is 17.2 Å². The number of esters is 1. The Kier molecular flexibility index (Phi) is 11.1. The Balaban J connectivity index is 1.33. The monoisotopic (exact) mass is 670 g/mol. The average Bonchev–Trinajstić information content (AvgIpc) is 3.36. The van der Waals surface area contributed by atoms with Gasteiger partial charge in [0.15, 0.2) is 11.5 Å². The van der Waals surface area contributed by atoms with Gasteiger partial charge in [-0.2, -0.15) is 0 Å². The van der Waals surface area contributed by atoms with Crippen LogP contribution < -0.4 is 35.6 Å². The molecule has 0 bridgehead atoms. The van der Waals surface area contributed by atoms with Gasteiger partial charge in [-0.3, -0.25) is 14.4 Å². The number of ether oxygens (including phenoxy) is 4. The number of anilines is 1. The first-order valence-corrected chi connectivity index (χ1v) is 16.1. The molecule has 1 aliphatic carbocycles. The lowest BCUT2D eigenvalue weighted by Gasteiger charge is -2.19. The van der Waals surface area contributed by atoms with E-state index in [0.29, 0.717) is 54.3 Å². The fourth-order valence-electron chi connectivity index (χ4n) is 6.45. The van der Waals surface area contributed by atoms with Crippen molar-refractivity contribution in [3.63, 3.8) is 0 Å². The lowest BCUT2D eigenvalue weighted by Crippen LogP contribution is -2.43. The topological polar surface area (TPSA) is 157 Å². The number of methoxy groups -OCH3 is 4. The highest BCUT2D eigenvalue weighted by Crippen LogP contribution is 2.50. The molecule has 1 aliphatic rings. The van der Waals surface area contributed by atoms with E-state index < -0.39 is 18.1 Å². The molecule has 0 saturated heterocycles. The Morgan fingerprint density at radius 3 is 2.47 bits per heavy atom. The van der Waals surface area contributed by atoms with Crippen LogP contribution >= 0.6 is 0 Å². The quantitative estimate of drug-likeness (QED) is 0.119. The number of H-pyrrole nitrogens is 1. The molecule has 1 heterocycles. The maximum Gasteiger partial charge on any atom is 0.328 e. The van der Waals surface area contributed by atoms with Crippen LogP contribution in [0.4, 0.5) is 5.69 Å². The second-order valence-corrected chi connectivity index (χ2v) is 11.8. The SMILES string of the molecule is COC(=O)[C@@H](Cc1c[nH]c2ccccc12)NC(=O)CCCNc1ccc2c(cc1=O)[C@H](NC(C)=O)CCc1cc(OC)c(OC)c(OC)c1-2. The largest absolute Gasteiger partial charge is 0.493 e. The zero-order chi connectivity index (χ0) is 35.1. The van der Waals surface area contributed by atoms with Crippen LogP contribution in [0.1, 0.15) is 48.9 Å². The third-order valence-corrected chi connectivity index (χ3v) is 8.73. The number of benzene rings is 2. The summed E-state index contributed by atoms with van der Waals surface area (Å²) in [5.41, 5.74) is 4.96. The molecule has 12 heteroatoms. The standard InChI is InChI=1S/C37H42N4O8/c1-21(42)40-28-14-12-22-18-32(46-2)35(47-3)36(48-4)34(22)25-13-15-29(31(43)19-26(25)28)38-16-8-11-33(44)41-30(37(45)49-5)17-23-20-39-27-10-7-6-9-24(23)27/h6-7,9-10,13,15,18-20,28,30,39H,8,11-12,14,16-17H2,1-5H3,(H,38,43)(H,40,42)(H,41,44)/t28-,30-/m1/s1. The van der Waals surface area contributed by atoms with Crippen LogP contribution in [0.25, 0.3) is 22.0 Å². The second kappa shape index (κ2) is 15.6. The second-order valence-electron chi connectivity index (χ2n) is 11.8. The minimum atomic E-state index is -0.850. The summed E-state index contributed by atoms with van der Waals surface area (Å²) in [5, 5.41) is 9.95. The van der Waals surface area contributed by atoms with Gasteiger partial charge in [0.1, 0.15) is 6.04 Å². The molecule has 3 aromatic carbocycles. The highest BCUT2D eigenvalue weighted by atomic mass is 16.5. The Morgan fingerprint density at radius 1 is 0.980 bits per heavy atom. The molecular formula is C37H42N4O8. The highest BCUT2D eigenvalue weighted by Gasteiger charge is 2.29. The third kappa shape index (κ3) is 7.64. The average molecular weight is 671 g/mol. The number of carbonyl (C=O) groups is 3. The maximum atomic E-state index is 13.6. The Bertz CT molecular complexity index is 1920. The first-order chi connectivity index (χ1) is 23.7. The van der Waals surface area contributed by atoms with Crippen molar-refractivity contribution in [1.82, 2.24) is 15.6 Å². The van der Waals surface area contributed by atoms with E-state index in [4.69, 9.17) is 18.9 Å². The van der Waals surface area contributed by atoms with Crippen LogP contribution in [0, 0.1) is 0 Å². The Morgan fingerprint density at radius 2 is 1.76 bits per heavy atom. The zero-order valence-electron chi connectivity index (χ0n) is 28.4. The van der Waals surface area contributed by atoms with E-state index in [9.17, 15) is 19.2 Å². The highest BCUT2D eigenvalue weighted by molar-refractivity contribution is 5.87. The molecule has 5 rings (SSSR count). The van der Waals surface area contributed by atoms with Crippen molar-refractivity contribution in [3.8, 4) is 28.4 Å². The van der Waals surface area contributed by atoms with Crippen molar-refractivity contribution in [1.29, 1.82) is 0 Å². The van der Waals surface area contributed by atoms with Crippen molar-refractivity contribution in [2.24, 2.45) is 0 Å². The fraction of sp³-hybridized carbons (Fsp3) is 0.351. The van der Waals surface area contributed by atoms with E-state index in [2.05, 4.69) is 20.9 Å². The lowest BCUT2D eigenvalue weighted by molar-refractivity contribution is -0.145. The first kappa shape index (κ1) is 34.8. The minimum Gasteiger partial charge on any atom is -0.493 e. The molecule has 0 fully saturated rings. The summed E-state index contributed by atoms with van der Waals surface area (Å²) in [6.07, 6.45) is 3.76. The maximum absolute atomic E-state index is 13.6. The normalized spacial score (nSPS) is 14.0. The van der Waals surface area contributed by atoms with Crippen LogP contribution in [-0.4, -0.2) is 63.8 Å². The predicted molar refractivity (Wildman–Crippen MR) is 186 cm³/mol. The van der Waals surface area contributed by atoms with E-state index in [1.807, 2.05) is 42.6 Å². The molecule has 0 saturated carbocycles. The zero-order valence-corrected chi connectivity index (χ0v) is 28.4. The van der Waals surface area contributed by atoms with Gasteiger partial charge in [0.05, 0.1) is 40.2 Å². The van der Waals surface area contributed by atoms with Gasteiger partial charge in [-0.15, -0.1) is 0 Å². The molecule has 2 atom stereocenters. The van der Waals surface area contributed by atoms with E-state index >= 15 is 0 Å². The number of fused-ring (bicyclic) bond motifs is 4. The van der Waals surface area contributed by atoms with Gasteiger partial charge < -0.3 is 39.9 Å². The molecule has 258 valence electrons. The molecule has 0 spiro atoms. The molecule has 0 unspecified atom stereocenters. The molecule has 4 aromatic rings. The van der Waals surface area contributed by atoms with E-state index in [-0.39, 0.29) is 30.1 Å². The molecule has 0 radical (unpaired) electrons. The number of hydrogen-bond donors (Lipinski definition) is 4. The minimum absolute atomic E-state index is 0.120. The van der Waals surface area contributed by atoms with Gasteiger partial charge in [0, 0.05) is 49.0 Å². The van der Waals surface area contributed by atoms with Gasteiger partial charge in [-0.1, -0.05) is 24.3 Å². The van der Waals surface area contributed by atoms with Crippen molar-refractivity contribution >= 4 is 34.4 Å². The number of amides is 2. The number of carbonyl (C=O) groups excluding carboxylic acids is 3. The van der Waals surface area contributed by atoms with Gasteiger partial charge >= 0.3 is 5.97 Å². The summed E-state index contributed by atoms with van der Waals surface area (Å²) < 4.78 is 22.0. The van der Waals surface area contributed by atoms with Crippen molar-refractivity contribution < 1.29 is 33.3 Å². The number of aromatic amines is 1. The van der Waals surface area contributed by atoms with Crippen LogP contribution in [0.2, 0.25) is 0 Å². The molecule has 49 heavy (non-hydrogen) atoms. The van der Waals surface area contributed by atoms with Crippen molar-refractivity contribution in [2.75, 3.05) is 40.3 Å². The molecule has 12 nitrogen and oxygen atoms in total. The third-order valence-electron chi connectivity index (χ3n) is 8.73. The van der Waals surface area contributed by atoms with Gasteiger partial charge in [0.2, 0.25) is 23.0 Å². The summed E-state index contributed by atoms with van der Waals surface area (Å²) in [6.45, 7) is 1.77. The molecule has 2 amide bonds. The van der Waals surface area contributed by atoms with Gasteiger partial charge in [0.25, 0.3) is 0 Å². The molecule has 1 aromatic heterocycles. The number of rotatable bonds is 13. The number of para-hydroxylation sites is 1. The summed E-state index contributed by atoms with van der Waals surface area (Å²) in [7, 11) is 5.94. The number of aryl methyl sites for hydroxylation is 1. The Labute approximate surface area is 284 Å². The predicted octanol–water partition coefficient (Wildman–Crippen LogP) is 4.44. The number of nitrogens with one attached hydrogen (secondary N) is 4. The first-order valence-electron chi connectivity index (χ1n) is 16.1. The summed E-state index contributed by atoms with van der Waals surface area (Å²) in [5.74, 6) is 0.358. The fourth-order valence-corrected chi connectivity index (χ4v) is 6.45. The van der Waals surface area contributed by atoms with Crippen molar-refractivity contribution in [3.05, 3.63) is 81.6 Å². The van der Waals surface area contributed by atoms with Crippen molar-refractivity contribution in [2.45, 2.75) is 51.1 Å². The molecule has 0 aliphatic heterocycles. The molecule has 4 N–H and O–H groups in total. The van der Waals surface area contributed by atoms with Crippen LogP contribution in [-0.2, 0) is 32.0 Å². The number of aromatic nitrogens is 1. The molecular weight excluding hydrogens is 628 g/mol. The van der Waals surface area contributed by atoms with Crippen LogP contribution in [0.15, 0.2) is 59.5 Å².